The zero-order valence-corrected chi connectivity index (χ0v) is 12.8. The molecule has 0 bridgehead atoms. The highest BCUT2D eigenvalue weighted by atomic mass is 32.1. The summed E-state index contributed by atoms with van der Waals surface area (Å²) in [6, 6.07) is 13.3. The Hall–Kier alpha value is -2.34. The van der Waals surface area contributed by atoms with Gasteiger partial charge in [-0.2, -0.15) is 0 Å². The predicted molar refractivity (Wildman–Crippen MR) is 85.5 cm³/mol. The number of hydrogen-bond donors (Lipinski definition) is 1. The van der Waals surface area contributed by atoms with Crippen LogP contribution in [0.3, 0.4) is 0 Å². The number of carbonyl (C=O) groups is 1. The van der Waals surface area contributed by atoms with Crippen LogP contribution in [0, 0.1) is 10.1 Å². The first-order chi connectivity index (χ1) is 10.5. The Labute approximate surface area is 133 Å². The van der Waals surface area contributed by atoms with Gasteiger partial charge in [0.2, 0.25) is 0 Å². The first-order valence-electron chi connectivity index (χ1n) is 6.69. The minimum Gasteiger partial charge on any atom is -0.461 e. The summed E-state index contributed by atoms with van der Waals surface area (Å²) in [4.78, 5) is 23.1. The summed E-state index contributed by atoms with van der Waals surface area (Å²) in [7, 11) is 0. The monoisotopic (exact) mass is 317 g/mol. The maximum atomic E-state index is 12.0. The van der Waals surface area contributed by atoms with Crippen LogP contribution in [0.2, 0.25) is 0 Å². The number of carbonyl (C=O) groups excluding carboxylic acids is 1. The number of thiol groups is 1. The molecule has 0 saturated carbocycles. The molecule has 5 nitrogen and oxygen atoms in total. The molecule has 0 radical (unpaired) electrons. The lowest BCUT2D eigenvalue weighted by molar-refractivity contribution is -0.385. The van der Waals surface area contributed by atoms with Crippen molar-refractivity contribution < 1.29 is 14.5 Å². The molecule has 6 heteroatoms. The van der Waals surface area contributed by atoms with Crippen LogP contribution in [0.25, 0.3) is 0 Å². The number of nitro groups is 1. The van der Waals surface area contributed by atoms with Crippen molar-refractivity contribution in [2.45, 2.75) is 17.7 Å². The fourth-order valence-electron chi connectivity index (χ4n) is 2.08. The Morgan fingerprint density at radius 2 is 1.86 bits per heavy atom. The van der Waals surface area contributed by atoms with Crippen molar-refractivity contribution in [3.8, 4) is 0 Å². The zero-order chi connectivity index (χ0) is 16.1. The van der Waals surface area contributed by atoms with Gasteiger partial charge in [-0.3, -0.25) is 10.1 Å². The number of esters is 1. The fourth-order valence-corrected chi connectivity index (χ4v) is 2.34. The summed E-state index contributed by atoms with van der Waals surface area (Å²) >= 11 is 4.20. The van der Waals surface area contributed by atoms with Crippen LogP contribution in [0.4, 0.5) is 5.69 Å². The van der Waals surface area contributed by atoms with E-state index >= 15 is 0 Å². The van der Waals surface area contributed by atoms with Crippen molar-refractivity contribution in [3.63, 3.8) is 0 Å². The molecule has 0 aliphatic carbocycles. The molecule has 1 unspecified atom stereocenters. The molecular formula is C16H15NO4S. The number of ether oxygens (including phenoxy) is 1. The van der Waals surface area contributed by atoms with E-state index in [-0.39, 0.29) is 18.2 Å². The zero-order valence-electron chi connectivity index (χ0n) is 11.9. The van der Waals surface area contributed by atoms with E-state index in [1.54, 1.807) is 49.4 Å². The molecule has 0 heterocycles. The Kier molecular flexibility index (Phi) is 5.16. The van der Waals surface area contributed by atoms with Gasteiger partial charge in [0.05, 0.1) is 17.1 Å². The molecule has 0 aliphatic heterocycles. The van der Waals surface area contributed by atoms with Crippen LogP contribution >= 0.6 is 12.6 Å². The molecule has 0 spiro atoms. The molecule has 2 aromatic carbocycles. The fraction of sp³-hybridized carbons (Fsp3) is 0.188. The Bertz CT molecular complexity index is 702. The molecule has 114 valence electrons. The maximum absolute atomic E-state index is 12.0. The number of nitro benzene ring substituents is 1. The van der Waals surface area contributed by atoms with Gasteiger partial charge in [-0.05, 0) is 12.1 Å². The quantitative estimate of drug-likeness (QED) is 0.394. The SMILES string of the molecule is CC(COC(=O)c1ccccc1S)c1ccccc1[N+](=O)[O-]. The number of rotatable bonds is 5. The first kappa shape index (κ1) is 16.0. The van der Waals surface area contributed by atoms with Crippen LogP contribution in [0.15, 0.2) is 53.4 Å². The van der Waals surface area contributed by atoms with Crippen molar-refractivity contribution in [1.29, 1.82) is 0 Å². The van der Waals surface area contributed by atoms with Crippen LogP contribution in [0.5, 0.6) is 0 Å². The maximum Gasteiger partial charge on any atom is 0.339 e. The highest BCUT2D eigenvalue weighted by Crippen LogP contribution is 2.26. The summed E-state index contributed by atoms with van der Waals surface area (Å²) in [6.07, 6.45) is 0. The van der Waals surface area contributed by atoms with E-state index in [4.69, 9.17) is 4.74 Å². The van der Waals surface area contributed by atoms with Crippen molar-refractivity contribution in [3.05, 3.63) is 69.8 Å². The average Bonchev–Trinajstić information content (AvgIpc) is 2.52. The van der Waals surface area contributed by atoms with Gasteiger partial charge in [0.1, 0.15) is 0 Å². The molecule has 2 rings (SSSR count). The lowest BCUT2D eigenvalue weighted by Crippen LogP contribution is -2.12. The van der Waals surface area contributed by atoms with E-state index in [9.17, 15) is 14.9 Å². The second-order valence-corrected chi connectivity index (χ2v) is 5.31. The molecule has 0 N–H and O–H groups in total. The van der Waals surface area contributed by atoms with Crippen molar-refractivity contribution in [2.24, 2.45) is 0 Å². The second kappa shape index (κ2) is 7.09. The van der Waals surface area contributed by atoms with Crippen LogP contribution in [0.1, 0.15) is 28.8 Å². The second-order valence-electron chi connectivity index (χ2n) is 4.83. The number of para-hydroxylation sites is 1. The van der Waals surface area contributed by atoms with Gasteiger partial charge in [-0.1, -0.05) is 37.3 Å². The van der Waals surface area contributed by atoms with Gasteiger partial charge in [0.15, 0.2) is 0 Å². The normalized spacial score (nSPS) is 11.7. The third-order valence-electron chi connectivity index (χ3n) is 3.25. The Morgan fingerprint density at radius 3 is 2.55 bits per heavy atom. The minimum atomic E-state index is -0.490. The molecule has 0 aromatic heterocycles. The van der Waals surface area contributed by atoms with Crippen molar-refractivity contribution in [1.82, 2.24) is 0 Å². The first-order valence-corrected chi connectivity index (χ1v) is 7.14. The molecular weight excluding hydrogens is 302 g/mol. The Morgan fingerprint density at radius 1 is 1.23 bits per heavy atom. The van der Waals surface area contributed by atoms with E-state index < -0.39 is 10.9 Å². The van der Waals surface area contributed by atoms with Crippen LogP contribution < -0.4 is 0 Å². The van der Waals surface area contributed by atoms with Crippen LogP contribution in [-0.4, -0.2) is 17.5 Å². The van der Waals surface area contributed by atoms with Crippen LogP contribution in [-0.2, 0) is 4.74 Å². The smallest absolute Gasteiger partial charge is 0.339 e. The van der Waals surface area contributed by atoms with Gasteiger partial charge in [-0.15, -0.1) is 12.6 Å². The third-order valence-corrected chi connectivity index (χ3v) is 3.64. The van der Waals surface area contributed by atoms with E-state index in [1.807, 2.05) is 0 Å². The summed E-state index contributed by atoms with van der Waals surface area (Å²) in [5.41, 5.74) is 0.945. The van der Waals surface area contributed by atoms with Gasteiger partial charge in [-0.25, -0.2) is 4.79 Å². The lowest BCUT2D eigenvalue weighted by atomic mass is 10.0. The third kappa shape index (κ3) is 3.65. The molecule has 0 fully saturated rings. The van der Waals surface area contributed by atoms with Gasteiger partial charge in [0, 0.05) is 22.4 Å². The summed E-state index contributed by atoms with van der Waals surface area (Å²) in [5.74, 6) is -0.770. The van der Waals surface area contributed by atoms with E-state index in [0.717, 1.165) is 0 Å². The predicted octanol–water partition coefficient (Wildman–Crippen LogP) is 3.84. The lowest BCUT2D eigenvalue weighted by Gasteiger charge is -2.13. The Balaban J connectivity index is 2.08. The van der Waals surface area contributed by atoms with E-state index in [2.05, 4.69) is 12.6 Å². The molecule has 1 atom stereocenters. The molecule has 2 aromatic rings. The number of benzene rings is 2. The highest BCUT2D eigenvalue weighted by Gasteiger charge is 2.20. The summed E-state index contributed by atoms with van der Waals surface area (Å²) in [5, 5.41) is 11.0. The van der Waals surface area contributed by atoms with Gasteiger partial charge < -0.3 is 4.74 Å². The highest BCUT2D eigenvalue weighted by molar-refractivity contribution is 7.80. The molecule has 0 aliphatic rings. The average molecular weight is 317 g/mol. The minimum absolute atomic E-state index is 0.0284. The summed E-state index contributed by atoms with van der Waals surface area (Å²) < 4.78 is 5.25. The molecule has 0 saturated heterocycles. The van der Waals surface area contributed by atoms with E-state index in [1.165, 1.54) is 6.07 Å². The standard InChI is InChI=1S/C16H15NO4S/c1-11(12-6-2-4-8-14(12)17(19)20)10-21-16(18)13-7-3-5-9-15(13)22/h2-9,11,22H,10H2,1H3. The van der Waals surface area contributed by atoms with Crippen molar-refractivity contribution >= 4 is 24.3 Å². The van der Waals surface area contributed by atoms with Crippen molar-refractivity contribution in [2.75, 3.05) is 6.61 Å². The summed E-state index contributed by atoms with van der Waals surface area (Å²) in [6.45, 7) is 1.84. The molecule has 22 heavy (non-hydrogen) atoms. The van der Waals surface area contributed by atoms with Gasteiger partial charge >= 0.3 is 5.97 Å². The van der Waals surface area contributed by atoms with Gasteiger partial charge in [0.25, 0.3) is 5.69 Å². The van der Waals surface area contributed by atoms with E-state index in [0.29, 0.717) is 16.0 Å². The topological polar surface area (TPSA) is 69.4 Å². The largest absolute Gasteiger partial charge is 0.461 e. The molecule has 0 amide bonds. The number of hydrogen-bond acceptors (Lipinski definition) is 5. The number of nitrogens with zero attached hydrogens (tertiary/aromatic N) is 1.